The van der Waals surface area contributed by atoms with Gasteiger partial charge in [0.2, 0.25) is 0 Å². The SMILES string of the molecule is O=C(c1ccc(SC(F)(F)F)cc1)N1CCN(c2ncc(C(F)(F)F)cc2Cl)CC1. The zero-order chi connectivity index (χ0) is 22.1. The van der Waals surface area contributed by atoms with Crippen LogP contribution in [0.25, 0.3) is 0 Å². The zero-order valence-corrected chi connectivity index (χ0v) is 16.7. The van der Waals surface area contributed by atoms with Gasteiger partial charge >= 0.3 is 11.7 Å². The standard InChI is InChI=1S/C18H14ClF6N3OS/c19-14-9-12(17(20,21)22)10-26-15(14)27-5-7-28(8-6-27)16(29)11-1-3-13(4-2-11)30-18(23,24)25/h1-4,9-10H,5-8H2. The number of hydrogen-bond donors (Lipinski definition) is 0. The van der Waals surface area contributed by atoms with Crippen LogP contribution in [-0.2, 0) is 6.18 Å². The third kappa shape index (κ3) is 5.51. The fraction of sp³-hybridized carbons (Fsp3) is 0.333. The van der Waals surface area contributed by atoms with Crippen LogP contribution in [0.15, 0.2) is 41.4 Å². The summed E-state index contributed by atoms with van der Waals surface area (Å²) in [6, 6.07) is 5.93. The number of pyridine rings is 1. The van der Waals surface area contributed by atoms with Crippen molar-refractivity contribution in [2.24, 2.45) is 0 Å². The molecule has 2 heterocycles. The predicted octanol–water partition coefficient (Wildman–Crippen LogP) is 5.33. The van der Waals surface area contributed by atoms with Crippen molar-refractivity contribution in [1.29, 1.82) is 0 Å². The molecule has 12 heteroatoms. The molecule has 0 spiro atoms. The lowest BCUT2D eigenvalue weighted by atomic mass is 10.2. The van der Waals surface area contributed by atoms with Gasteiger partial charge in [-0.05, 0) is 42.1 Å². The first-order valence-corrected chi connectivity index (χ1v) is 9.76. The van der Waals surface area contributed by atoms with Crippen molar-refractivity contribution in [3.63, 3.8) is 0 Å². The summed E-state index contributed by atoms with van der Waals surface area (Å²) in [7, 11) is 0. The predicted molar refractivity (Wildman–Crippen MR) is 101 cm³/mol. The van der Waals surface area contributed by atoms with Gasteiger partial charge in [0.25, 0.3) is 5.91 Å². The van der Waals surface area contributed by atoms with Crippen LogP contribution < -0.4 is 4.90 Å². The molecule has 0 aliphatic carbocycles. The second kappa shape index (κ2) is 8.54. The van der Waals surface area contributed by atoms with Crippen molar-refractivity contribution in [2.45, 2.75) is 16.6 Å². The van der Waals surface area contributed by atoms with Gasteiger partial charge < -0.3 is 9.80 Å². The van der Waals surface area contributed by atoms with E-state index in [9.17, 15) is 31.1 Å². The minimum absolute atomic E-state index is 0.0214. The summed E-state index contributed by atoms with van der Waals surface area (Å²) in [5.41, 5.74) is -5.10. The molecule has 2 aromatic rings. The minimum Gasteiger partial charge on any atom is -0.352 e. The number of thioether (sulfide) groups is 1. The highest BCUT2D eigenvalue weighted by Crippen LogP contribution is 2.37. The first-order chi connectivity index (χ1) is 13.9. The van der Waals surface area contributed by atoms with Crippen LogP contribution in [0.5, 0.6) is 0 Å². The number of halogens is 7. The monoisotopic (exact) mass is 469 g/mol. The molecule has 1 aliphatic heterocycles. The van der Waals surface area contributed by atoms with Gasteiger partial charge in [-0.25, -0.2) is 4.98 Å². The molecule has 4 nitrogen and oxygen atoms in total. The van der Waals surface area contributed by atoms with Gasteiger partial charge in [0, 0.05) is 42.8 Å². The highest BCUT2D eigenvalue weighted by Gasteiger charge is 2.33. The molecule has 0 bridgehead atoms. The Morgan fingerprint density at radius 3 is 2.10 bits per heavy atom. The van der Waals surface area contributed by atoms with E-state index in [-0.39, 0.29) is 52.1 Å². The normalized spacial score (nSPS) is 15.4. The van der Waals surface area contributed by atoms with Crippen molar-refractivity contribution in [2.75, 3.05) is 31.1 Å². The van der Waals surface area contributed by atoms with Crippen LogP contribution in [0.2, 0.25) is 5.02 Å². The molecule has 0 atom stereocenters. The quantitative estimate of drug-likeness (QED) is 0.450. The molecular weight excluding hydrogens is 456 g/mol. The van der Waals surface area contributed by atoms with Crippen molar-refractivity contribution < 1.29 is 31.1 Å². The van der Waals surface area contributed by atoms with Gasteiger partial charge in [-0.15, -0.1) is 0 Å². The summed E-state index contributed by atoms with van der Waals surface area (Å²) in [4.78, 5) is 19.6. The molecule has 0 saturated carbocycles. The number of carbonyl (C=O) groups excluding carboxylic acids is 1. The lowest BCUT2D eigenvalue weighted by Gasteiger charge is -2.35. The number of anilines is 1. The van der Waals surface area contributed by atoms with Gasteiger partial charge in [-0.1, -0.05) is 11.6 Å². The van der Waals surface area contributed by atoms with Gasteiger partial charge in [0.05, 0.1) is 10.6 Å². The molecule has 1 amide bonds. The van der Waals surface area contributed by atoms with E-state index < -0.39 is 17.2 Å². The van der Waals surface area contributed by atoms with Crippen molar-refractivity contribution in [3.05, 3.63) is 52.7 Å². The fourth-order valence-corrected chi connectivity index (χ4v) is 3.75. The summed E-state index contributed by atoms with van der Waals surface area (Å²) < 4.78 is 75.4. The molecule has 0 N–H and O–H groups in total. The van der Waals surface area contributed by atoms with Crippen molar-refractivity contribution in [1.82, 2.24) is 9.88 Å². The summed E-state index contributed by atoms with van der Waals surface area (Å²) in [5, 5.41) is -0.137. The number of carbonyl (C=O) groups is 1. The molecule has 0 unspecified atom stereocenters. The fourth-order valence-electron chi connectivity index (χ4n) is 2.92. The van der Waals surface area contributed by atoms with Crippen molar-refractivity contribution in [3.8, 4) is 0 Å². The number of hydrogen-bond acceptors (Lipinski definition) is 4. The van der Waals surface area contributed by atoms with Crippen LogP contribution in [0, 0.1) is 0 Å². The average Bonchev–Trinajstić information content (AvgIpc) is 2.66. The number of alkyl halides is 6. The number of nitrogens with zero attached hydrogens (tertiary/aromatic N) is 3. The van der Waals surface area contributed by atoms with Gasteiger partial charge in [-0.2, -0.15) is 26.3 Å². The zero-order valence-electron chi connectivity index (χ0n) is 15.1. The van der Waals surface area contributed by atoms with Gasteiger partial charge in [0.1, 0.15) is 5.82 Å². The molecule has 1 fully saturated rings. The van der Waals surface area contributed by atoms with E-state index in [2.05, 4.69) is 4.98 Å². The molecule has 1 saturated heterocycles. The Balaban J connectivity index is 1.62. The first-order valence-electron chi connectivity index (χ1n) is 8.57. The molecular formula is C18H14ClF6N3OS. The maximum Gasteiger partial charge on any atom is 0.446 e. The maximum absolute atomic E-state index is 12.7. The van der Waals surface area contributed by atoms with E-state index in [4.69, 9.17) is 11.6 Å². The summed E-state index contributed by atoms with van der Waals surface area (Å²) in [5.74, 6) is -0.144. The van der Waals surface area contributed by atoms with Crippen LogP contribution in [0.3, 0.4) is 0 Å². The maximum atomic E-state index is 12.7. The summed E-state index contributed by atoms with van der Waals surface area (Å²) in [6.07, 6.45) is -3.84. The first kappa shape index (κ1) is 22.5. The summed E-state index contributed by atoms with van der Waals surface area (Å²) in [6.45, 7) is 1.12. The van der Waals surface area contributed by atoms with Crippen LogP contribution in [0.1, 0.15) is 15.9 Å². The summed E-state index contributed by atoms with van der Waals surface area (Å²) >= 11 is 5.69. The van der Waals surface area contributed by atoms with E-state index in [0.717, 1.165) is 6.07 Å². The van der Waals surface area contributed by atoms with E-state index >= 15 is 0 Å². The molecule has 3 rings (SSSR count). The highest BCUT2D eigenvalue weighted by molar-refractivity contribution is 8.00. The third-order valence-electron chi connectivity index (χ3n) is 4.35. The molecule has 1 aliphatic rings. The van der Waals surface area contributed by atoms with E-state index in [0.29, 0.717) is 19.3 Å². The molecule has 0 radical (unpaired) electrons. The second-order valence-electron chi connectivity index (χ2n) is 6.38. The Morgan fingerprint density at radius 1 is 1.00 bits per heavy atom. The Kier molecular flexibility index (Phi) is 6.42. The number of rotatable bonds is 3. The Morgan fingerprint density at radius 2 is 1.60 bits per heavy atom. The lowest BCUT2D eigenvalue weighted by Crippen LogP contribution is -2.49. The smallest absolute Gasteiger partial charge is 0.352 e. The van der Waals surface area contributed by atoms with Crippen LogP contribution >= 0.6 is 23.4 Å². The van der Waals surface area contributed by atoms with Crippen LogP contribution in [-0.4, -0.2) is 47.5 Å². The Labute approximate surface area is 176 Å². The van der Waals surface area contributed by atoms with E-state index in [1.54, 1.807) is 4.90 Å². The van der Waals surface area contributed by atoms with Crippen LogP contribution in [0.4, 0.5) is 32.2 Å². The van der Waals surface area contributed by atoms with Gasteiger partial charge in [0.15, 0.2) is 0 Å². The van der Waals surface area contributed by atoms with E-state index in [1.807, 2.05) is 0 Å². The molecule has 162 valence electrons. The topological polar surface area (TPSA) is 36.4 Å². The van der Waals surface area contributed by atoms with E-state index in [1.165, 1.54) is 29.2 Å². The highest BCUT2D eigenvalue weighted by atomic mass is 35.5. The Hall–Kier alpha value is -2.14. The molecule has 30 heavy (non-hydrogen) atoms. The molecule has 1 aromatic carbocycles. The number of amides is 1. The number of benzene rings is 1. The minimum atomic E-state index is -4.55. The number of aromatic nitrogens is 1. The van der Waals surface area contributed by atoms with Crippen molar-refractivity contribution >= 4 is 35.1 Å². The second-order valence-corrected chi connectivity index (χ2v) is 7.92. The largest absolute Gasteiger partial charge is 0.446 e. The van der Waals surface area contributed by atoms with Gasteiger partial charge in [-0.3, -0.25) is 4.79 Å². The third-order valence-corrected chi connectivity index (χ3v) is 5.37. The number of piperazine rings is 1. The lowest BCUT2D eigenvalue weighted by molar-refractivity contribution is -0.137. The molecule has 1 aromatic heterocycles. The average molecular weight is 470 g/mol. The Bertz CT molecular complexity index is 912.